The first-order chi connectivity index (χ1) is 10.8. The highest BCUT2D eigenvalue weighted by molar-refractivity contribution is 5.89. The summed E-state index contributed by atoms with van der Waals surface area (Å²) in [6.45, 7) is -0.192. The molecule has 1 aromatic rings. The Labute approximate surface area is 130 Å². The zero-order valence-corrected chi connectivity index (χ0v) is 11.9. The molecule has 1 heterocycles. The fraction of sp³-hybridized carbons (Fsp3) is 0.462. The number of benzene rings is 1. The van der Waals surface area contributed by atoms with Gasteiger partial charge in [0.2, 0.25) is 0 Å². The molecule has 9 nitrogen and oxygen atoms in total. The normalized spacial score (nSPS) is 30.7. The Balaban J connectivity index is 2.12. The molecule has 10 heteroatoms. The first kappa shape index (κ1) is 17.2. The van der Waals surface area contributed by atoms with Crippen LogP contribution in [-0.4, -0.2) is 53.3 Å². The Morgan fingerprint density at radius 1 is 1.43 bits per heavy atom. The number of rotatable bonds is 4. The minimum absolute atomic E-state index is 0.00161. The van der Waals surface area contributed by atoms with Gasteiger partial charge in [0.15, 0.2) is 18.6 Å². The Kier molecular flexibility index (Phi) is 5.21. The lowest BCUT2D eigenvalue weighted by Gasteiger charge is -2.39. The van der Waals surface area contributed by atoms with E-state index >= 15 is 0 Å². The van der Waals surface area contributed by atoms with E-state index in [2.05, 4.69) is 0 Å². The van der Waals surface area contributed by atoms with Crippen LogP contribution in [0.15, 0.2) is 24.3 Å². The molecule has 0 aromatic heterocycles. The fourth-order valence-corrected chi connectivity index (χ4v) is 2.17. The molecule has 1 aromatic carbocycles. The fourth-order valence-electron chi connectivity index (χ4n) is 2.17. The van der Waals surface area contributed by atoms with Crippen molar-refractivity contribution in [3.63, 3.8) is 0 Å². The van der Waals surface area contributed by atoms with Crippen LogP contribution in [0.5, 0.6) is 0 Å². The average molecular weight is 329 g/mol. The molecule has 2 rings (SSSR count). The second kappa shape index (κ2) is 6.96. The SMILES string of the molecule is NC[C@H]1OC(O)[C@H](N)[C@@H](F)[C@H]1OC(=O)c1ccc([N+](=O)[O-])cc1. The number of non-ortho nitro benzene ring substituents is 1. The summed E-state index contributed by atoms with van der Waals surface area (Å²) in [7, 11) is 0. The predicted molar refractivity (Wildman–Crippen MR) is 75.1 cm³/mol. The molecule has 0 spiro atoms. The standard InChI is InChI=1S/C13H16FN3O6/c14-9-10(16)13(19)22-8(5-15)11(9)23-12(18)6-1-3-7(4-2-6)17(20)21/h1-4,8-11,13,19H,5,15-16H2/t8-,9-,10-,11+,13?/m1/s1. The van der Waals surface area contributed by atoms with Gasteiger partial charge in [0, 0.05) is 18.7 Å². The van der Waals surface area contributed by atoms with Crippen LogP contribution in [0.2, 0.25) is 0 Å². The van der Waals surface area contributed by atoms with E-state index in [1.807, 2.05) is 0 Å². The number of carbonyl (C=O) groups is 1. The van der Waals surface area contributed by atoms with Crippen LogP contribution in [-0.2, 0) is 9.47 Å². The van der Waals surface area contributed by atoms with E-state index in [4.69, 9.17) is 20.9 Å². The molecule has 126 valence electrons. The summed E-state index contributed by atoms with van der Waals surface area (Å²) in [4.78, 5) is 22.0. The van der Waals surface area contributed by atoms with Crippen LogP contribution >= 0.6 is 0 Å². The topological polar surface area (TPSA) is 151 Å². The van der Waals surface area contributed by atoms with Crippen molar-refractivity contribution in [1.29, 1.82) is 0 Å². The van der Waals surface area contributed by atoms with Crippen molar-refractivity contribution >= 4 is 11.7 Å². The molecule has 1 saturated heterocycles. The van der Waals surface area contributed by atoms with Crippen molar-refractivity contribution in [1.82, 2.24) is 0 Å². The van der Waals surface area contributed by atoms with Crippen molar-refractivity contribution in [3.05, 3.63) is 39.9 Å². The minimum atomic E-state index is -1.87. The largest absolute Gasteiger partial charge is 0.453 e. The van der Waals surface area contributed by atoms with Crippen LogP contribution in [0.3, 0.4) is 0 Å². The highest BCUT2D eigenvalue weighted by Gasteiger charge is 2.46. The van der Waals surface area contributed by atoms with E-state index in [9.17, 15) is 24.4 Å². The first-order valence-electron chi connectivity index (χ1n) is 6.74. The Morgan fingerprint density at radius 2 is 2.04 bits per heavy atom. The average Bonchev–Trinajstić information content (AvgIpc) is 2.55. The van der Waals surface area contributed by atoms with Gasteiger partial charge in [-0.25, -0.2) is 9.18 Å². The molecule has 0 amide bonds. The zero-order valence-electron chi connectivity index (χ0n) is 11.9. The molecule has 0 radical (unpaired) electrons. The van der Waals surface area contributed by atoms with Crippen LogP contribution in [0, 0.1) is 10.1 Å². The lowest BCUT2D eigenvalue weighted by atomic mass is 9.98. The van der Waals surface area contributed by atoms with Crippen LogP contribution < -0.4 is 11.5 Å². The van der Waals surface area contributed by atoms with Crippen LogP contribution in [0.4, 0.5) is 10.1 Å². The van der Waals surface area contributed by atoms with E-state index in [-0.39, 0.29) is 17.8 Å². The molecule has 1 unspecified atom stereocenters. The number of hydrogen-bond donors (Lipinski definition) is 3. The third kappa shape index (κ3) is 3.62. The number of nitrogens with zero attached hydrogens (tertiary/aromatic N) is 1. The van der Waals surface area contributed by atoms with Gasteiger partial charge in [-0.1, -0.05) is 0 Å². The van der Waals surface area contributed by atoms with Crippen molar-refractivity contribution in [2.75, 3.05) is 6.54 Å². The summed E-state index contributed by atoms with van der Waals surface area (Å²) >= 11 is 0. The van der Waals surface area contributed by atoms with Gasteiger partial charge in [0.05, 0.1) is 16.5 Å². The van der Waals surface area contributed by atoms with Gasteiger partial charge in [0.1, 0.15) is 6.10 Å². The van der Waals surface area contributed by atoms with Crippen molar-refractivity contribution < 1.29 is 28.7 Å². The maximum absolute atomic E-state index is 14.2. The van der Waals surface area contributed by atoms with Crippen molar-refractivity contribution in [2.45, 2.75) is 30.7 Å². The summed E-state index contributed by atoms with van der Waals surface area (Å²) < 4.78 is 24.2. The van der Waals surface area contributed by atoms with Gasteiger partial charge in [-0.3, -0.25) is 10.1 Å². The number of nitrogens with two attached hydrogens (primary N) is 2. The van der Waals surface area contributed by atoms with Crippen molar-refractivity contribution in [2.24, 2.45) is 11.5 Å². The number of esters is 1. The molecular weight excluding hydrogens is 313 g/mol. The van der Waals surface area contributed by atoms with Gasteiger partial charge in [-0.2, -0.15) is 0 Å². The van der Waals surface area contributed by atoms with E-state index < -0.39 is 41.6 Å². The Morgan fingerprint density at radius 3 is 2.57 bits per heavy atom. The molecule has 5 N–H and O–H groups in total. The van der Waals surface area contributed by atoms with Crippen LogP contribution in [0.1, 0.15) is 10.4 Å². The summed E-state index contributed by atoms with van der Waals surface area (Å²) in [5, 5.41) is 20.0. The molecule has 1 aliphatic heterocycles. The second-order valence-electron chi connectivity index (χ2n) is 5.00. The third-order valence-electron chi connectivity index (χ3n) is 3.48. The quantitative estimate of drug-likeness (QED) is 0.378. The van der Waals surface area contributed by atoms with Gasteiger partial charge in [-0.05, 0) is 12.1 Å². The zero-order chi connectivity index (χ0) is 17.1. The van der Waals surface area contributed by atoms with Crippen LogP contribution in [0.25, 0.3) is 0 Å². The number of ether oxygens (including phenoxy) is 2. The van der Waals surface area contributed by atoms with Gasteiger partial charge in [0.25, 0.3) is 5.69 Å². The highest BCUT2D eigenvalue weighted by atomic mass is 19.1. The molecule has 1 aliphatic rings. The monoisotopic (exact) mass is 329 g/mol. The molecule has 0 saturated carbocycles. The molecule has 5 atom stereocenters. The van der Waals surface area contributed by atoms with E-state index in [0.717, 1.165) is 12.1 Å². The van der Waals surface area contributed by atoms with Gasteiger partial charge < -0.3 is 26.0 Å². The summed E-state index contributed by atoms with van der Waals surface area (Å²) in [5.41, 5.74) is 10.7. The summed E-state index contributed by atoms with van der Waals surface area (Å²) in [5.74, 6) is -0.904. The minimum Gasteiger partial charge on any atom is -0.453 e. The first-order valence-corrected chi connectivity index (χ1v) is 6.74. The molecule has 0 bridgehead atoms. The maximum atomic E-state index is 14.2. The second-order valence-corrected chi connectivity index (χ2v) is 5.00. The number of halogens is 1. The lowest BCUT2D eigenvalue weighted by molar-refractivity contribution is -0.384. The number of aliphatic hydroxyl groups is 1. The summed E-state index contributed by atoms with van der Waals surface area (Å²) in [6, 6.07) is 3.23. The molecule has 23 heavy (non-hydrogen) atoms. The van der Waals surface area contributed by atoms with E-state index in [1.165, 1.54) is 12.1 Å². The third-order valence-corrected chi connectivity index (χ3v) is 3.48. The number of nitro benzene ring substituents is 1. The number of aliphatic hydroxyl groups excluding tert-OH is 1. The number of alkyl halides is 1. The smallest absolute Gasteiger partial charge is 0.338 e. The highest BCUT2D eigenvalue weighted by Crippen LogP contribution is 2.24. The number of nitro groups is 1. The predicted octanol–water partition coefficient (Wildman–Crippen LogP) is -0.538. The Bertz CT molecular complexity index is 582. The van der Waals surface area contributed by atoms with Crippen molar-refractivity contribution in [3.8, 4) is 0 Å². The molecular formula is C13H16FN3O6. The summed E-state index contributed by atoms with van der Waals surface area (Å²) in [6.07, 6.45) is -5.86. The molecule has 0 aliphatic carbocycles. The van der Waals surface area contributed by atoms with Gasteiger partial charge >= 0.3 is 5.97 Å². The Hall–Kier alpha value is -2.14. The number of hydrogen-bond acceptors (Lipinski definition) is 8. The number of carbonyl (C=O) groups excluding carboxylic acids is 1. The van der Waals surface area contributed by atoms with Gasteiger partial charge in [-0.15, -0.1) is 0 Å². The van der Waals surface area contributed by atoms with E-state index in [0.29, 0.717) is 0 Å². The molecule has 1 fully saturated rings. The van der Waals surface area contributed by atoms with E-state index in [1.54, 1.807) is 0 Å². The lowest BCUT2D eigenvalue weighted by Crippen LogP contribution is -2.62. The maximum Gasteiger partial charge on any atom is 0.338 e.